The summed E-state index contributed by atoms with van der Waals surface area (Å²) in [5.74, 6) is 0.0583. The fourth-order valence-corrected chi connectivity index (χ4v) is 4.01. The number of thioether (sulfide) groups is 1. The maximum Gasteiger partial charge on any atom is 0.237 e. The minimum absolute atomic E-state index is 0.0643. The third-order valence-corrected chi connectivity index (χ3v) is 6.42. The zero-order valence-corrected chi connectivity index (χ0v) is 19.9. The molecular formula is C24H27N5O3S. The van der Waals surface area contributed by atoms with Gasteiger partial charge in [-0.25, -0.2) is 0 Å². The Balaban J connectivity index is 1.63. The Bertz CT molecular complexity index is 1160. The van der Waals surface area contributed by atoms with Gasteiger partial charge in [0.1, 0.15) is 5.82 Å². The van der Waals surface area contributed by atoms with Crippen LogP contribution in [0.25, 0.3) is 0 Å². The number of nitrogens with one attached hydrogen (secondary N) is 2. The molecule has 0 aliphatic carbocycles. The van der Waals surface area contributed by atoms with E-state index in [1.807, 2.05) is 38.1 Å². The van der Waals surface area contributed by atoms with Crippen LogP contribution in [-0.2, 0) is 23.1 Å². The first-order valence-corrected chi connectivity index (χ1v) is 11.5. The molecule has 3 rings (SSSR count). The van der Waals surface area contributed by atoms with Crippen LogP contribution in [0.3, 0.4) is 0 Å². The van der Waals surface area contributed by atoms with E-state index in [9.17, 15) is 14.4 Å². The van der Waals surface area contributed by atoms with Crippen LogP contribution in [-0.4, -0.2) is 37.6 Å². The van der Waals surface area contributed by atoms with Crippen LogP contribution in [0.2, 0.25) is 0 Å². The van der Waals surface area contributed by atoms with Crippen LogP contribution >= 0.6 is 11.8 Å². The lowest BCUT2D eigenvalue weighted by Gasteiger charge is -2.14. The van der Waals surface area contributed by atoms with Gasteiger partial charge in [-0.2, -0.15) is 0 Å². The van der Waals surface area contributed by atoms with Crippen molar-refractivity contribution in [1.29, 1.82) is 0 Å². The lowest BCUT2D eigenvalue weighted by atomic mass is 10.1. The molecule has 0 saturated heterocycles. The molecule has 0 spiro atoms. The van der Waals surface area contributed by atoms with Gasteiger partial charge in [0.05, 0.1) is 11.7 Å². The fraction of sp³-hybridized carbons (Fsp3) is 0.292. The topological polar surface area (TPSA) is 106 Å². The van der Waals surface area contributed by atoms with Crippen molar-refractivity contribution in [3.8, 4) is 0 Å². The Labute approximate surface area is 197 Å². The molecule has 0 aliphatic rings. The highest BCUT2D eigenvalue weighted by atomic mass is 32.2. The van der Waals surface area contributed by atoms with Crippen LogP contribution < -0.4 is 10.6 Å². The quantitative estimate of drug-likeness (QED) is 0.365. The summed E-state index contributed by atoms with van der Waals surface area (Å²) in [4.78, 5) is 36.8. The Hall–Kier alpha value is -3.46. The number of aryl methyl sites for hydroxylation is 1. The van der Waals surface area contributed by atoms with Gasteiger partial charge >= 0.3 is 0 Å². The predicted molar refractivity (Wildman–Crippen MR) is 130 cm³/mol. The molecule has 172 valence electrons. The van der Waals surface area contributed by atoms with Crippen molar-refractivity contribution < 1.29 is 14.4 Å². The van der Waals surface area contributed by atoms with Gasteiger partial charge in [0.25, 0.3) is 0 Å². The maximum atomic E-state index is 12.8. The Kier molecular flexibility index (Phi) is 8.00. The van der Waals surface area contributed by atoms with Gasteiger partial charge in [0.15, 0.2) is 10.9 Å². The number of ketones is 1. The second-order valence-corrected chi connectivity index (χ2v) is 8.86. The minimum atomic E-state index is -0.414. The highest BCUT2D eigenvalue weighted by Crippen LogP contribution is 2.25. The largest absolute Gasteiger partial charge is 0.326 e. The van der Waals surface area contributed by atoms with Gasteiger partial charge < -0.3 is 15.2 Å². The number of nitrogens with zero attached hydrogens (tertiary/aromatic N) is 3. The first kappa shape index (κ1) is 24.2. The summed E-state index contributed by atoms with van der Waals surface area (Å²) in [6.45, 7) is 5.38. The van der Waals surface area contributed by atoms with E-state index in [0.29, 0.717) is 28.7 Å². The number of aromatic nitrogens is 3. The van der Waals surface area contributed by atoms with E-state index in [1.54, 1.807) is 35.9 Å². The van der Waals surface area contributed by atoms with E-state index in [1.165, 1.54) is 18.7 Å². The predicted octanol–water partition coefficient (Wildman–Crippen LogP) is 4.02. The monoisotopic (exact) mass is 465 g/mol. The van der Waals surface area contributed by atoms with Gasteiger partial charge in [-0.1, -0.05) is 48.5 Å². The van der Waals surface area contributed by atoms with E-state index in [-0.39, 0.29) is 24.0 Å². The van der Waals surface area contributed by atoms with Crippen LogP contribution in [0, 0.1) is 6.92 Å². The highest BCUT2D eigenvalue weighted by Gasteiger charge is 2.22. The smallest absolute Gasteiger partial charge is 0.237 e. The molecule has 3 aromatic rings. The molecule has 8 nitrogen and oxygen atoms in total. The summed E-state index contributed by atoms with van der Waals surface area (Å²) in [6.07, 6.45) is 0.637. The van der Waals surface area contributed by atoms with Gasteiger partial charge in [-0.15, -0.1) is 10.2 Å². The average Bonchev–Trinajstić information content (AvgIpc) is 3.12. The van der Waals surface area contributed by atoms with Crippen LogP contribution in [0.5, 0.6) is 0 Å². The molecule has 1 heterocycles. The van der Waals surface area contributed by atoms with E-state index in [0.717, 1.165) is 11.3 Å². The molecule has 0 unspecified atom stereocenters. The fourth-order valence-electron chi connectivity index (χ4n) is 3.08. The number of anilines is 2. The van der Waals surface area contributed by atoms with E-state index < -0.39 is 5.25 Å². The van der Waals surface area contributed by atoms with Crippen molar-refractivity contribution in [2.24, 2.45) is 7.05 Å². The summed E-state index contributed by atoms with van der Waals surface area (Å²) in [7, 11) is 1.78. The number of carbonyl (C=O) groups is 3. The van der Waals surface area contributed by atoms with Crippen LogP contribution in [0.4, 0.5) is 11.4 Å². The Morgan fingerprint density at radius 1 is 1.03 bits per heavy atom. The summed E-state index contributed by atoms with van der Waals surface area (Å²) in [5.41, 5.74) is 2.94. The molecule has 0 aliphatic heterocycles. The molecule has 0 saturated carbocycles. The number of benzene rings is 2. The molecule has 9 heteroatoms. The molecule has 33 heavy (non-hydrogen) atoms. The number of hydrogen-bond acceptors (Lipinski definition) is 6. The van der Waals surface area contributed by atoms with Crippen molar-refractivity contribution >= 4 is 40.7 Å². The van der Waals surface area contributed by atoms with Gasteiger partial charge in [-0.3, -0.25) is 14.4 Å². The molecule has 2 amide bonds. The molecular weight excluding hydrogens is 438 g/mol. The molecule has 1 atom stereocenters. The van der Waals surface area contributed by atoms with Gasteiger partial charge in [-0.05, 0) is 44.5 Å². The average molecular weight is 466 g/mol. The number of Topliss-reactive ketones (excluding diaryl/α,β-unsaturated/α-hetero) is 1. The highest BCUT2D eigenvalue weighted by molar-refractivity contribution is 8.00. The summed E-state index contributed by atoms with van der Waals surface area (Å²) < 4.78 is 1.73. The first-order valence-electron chi connectivity index (χ1n) is 10.6. The second kappa shape index (κ2) is 10.9. The molecule has 0 radical (unpaired) electrons. The number of hydrogen-bond donors (Lipinski definition) is 2. The Morgan fingerprint density at radius 3 is 2.42 bits per heavy atom. The van der Waals surface area contributed by atoms with E-state index in [4.69, 9.17) is 0 Å². The van der Waals surface area contributed by atoms with Crippen molar-refractivity contribution in [3.05, 3.63) is 65.5 Å². The summed E-state index contributed by atoms with van der Waals surface area (Å²) in [6, 6.07) is 14.4. The summed E-state index contributed by atoms with van der Waals surface area (Å²) in [5, 5.41) is 14.2. The van der Waals surface area contributed by atoms with Gasteiger partial charge in [0.2, 0.25) is 11.8 Å². The molecule has 2 aromatic carbocycles. The standard InChI is InChI=1S/C24H27N5O3S/c1-5-20(23(32)26-19-8-6-7-17(13-19)16(3)30)33-24-28-27-21(29(24)4)14-22(31)25-18-11-9-15(2)10-12-18/h6-13,20H,5,14H2,1-4H3,(H,25,31)(H,26,32)/t20-/m1/s1. The Morgan fingerprint density at radius 2 is 1.76 bits per heavy atom. The van der Waals surface area contributed by atoms with E-state index >= 15 is 0 Å². The lowest BCUT2D eigenvalue weighted by Crippen LogP contribution is -2.25. The minimum Gasteiger partial charge on any atom is -0.326 e. The number of rotatable bonds is 9. The third kappa shape index (κ3) is 6.52. The van der Waals surface area contributed by atoms with Crippen molar-refractivity contribution in [2.75, 3.05) is 10.6 Å². The van der Waals surface area contributed by atoms with Crippen LogP contribution in [0.1, 0.15) is 42.0 Å². The zero-order chi connectivity index (χ0) is 24.0. The third-order valence-electron chi connectivity index (χ3n) is 5.03. The van der Waals surface area contributed by atoms with Gasteiger partial charge in [0, 0.05) is 24.0 Å². The number of amides is 2. The molecule has 0 fully saturated rings. The molecule has 1 aromatic heterocycles. The van der Waals surface area contributed by atoms with Crippen LogP contribution in [0.15, 0.2) is 53.7 Å². The van der Waals surface area contributed by atoms with Crippen molar-refractivity contribution in [3.63, 3.8) is 0 Å². The number of carbonyl (C=O) groups excluding carboxylic acids is 3. The molecule has 2 N–H and O–H groups in total. The summed E-state index contributed by atoms with van der Waals surface area (Å²) >= 11 is 1.29. The zero-order valence-electron chi connectivity index (χ0n) is 19.1. The normalized spacial score (nSPS) is 11.6. The lowest BCUT2D eigenvalue weighted by molar-refractivity contribution is -0.116. The van der Waals surface area contributed by atoms with E-state index in [2.05, 4.69) is 20.8 Å². The SMILES string of the molecule is CC[C@@H](Sc1nnc(CC(=O)Nc2ccc(C)cc2)n1C)C(=O)Nc1cccc(C(C)=O)c1. The van der Waals surface area contributed by atoms with Crippen molar-refractivity contribution in [1.82, 2.24) is 14.8 Å². The second-order valence-electron chi connectivity index (χ2n) is 7.69. The van der Waals surface area contributed by atoms with Crippen molar-refractivity contribution in [2.45, 2.75) is 44.0 Å². The maximum absolute atomic E-state index is 12.8. The first-order chi connectivity index (χ1) is 15.8. The molecule has 0 bridgehead atoms.